The second-order valence-electron chi connectivity index (χ2n) is 4.00. The van der Waals surface area contributed by atoms with Gasteiger partial charge in [-0.3, -0.25) is 4.79 Å². The first-order valence-electron chi connectivity index (χ1n) is 5.79. The normalized spacial score (nSPS) is 12.3. The summed E-state index contributed by atoms with van der Waals surface area (Å²) >= 11 is 0.974. The number of alkyl halides is 2. The van der Waals surface area contributed by atoms with Gasteiger partial charge < -0.3 is 14.8 Å². The van der Waals surface area contributed by atoms with Crippen molar-refractivity contribution in [3.05, 3.63) is 29.5 Å². The zero-order valence-corrected chi connectivity index (χ0v) is 11.3. The first-order valence-corrected chi connectivity index (χ1v) is 6.60. The van der Waals surface area contributed by atoms with Crippen molar-refractivity contribution < 1.29 is 27.9 Å². The van der Waals surface area contributed by atoms with Gasteiger partial charge in [0.05, 0.1) is 12.5 Å². The van der Waals surface area contributed by atoms with Crippen molar-refractivity contribution in [1.82, 2.24) is 10.3 Å². The van der Waals surface area contributed by atoms with E-state index in [1.165, 1.54) is 12.5 Å². The van der Waals surface area contributed by atoms with Crippen molar-refractivity contribution in [3.63, 3.8) is 0 Å². The van der Waals surface area contributed by atoms with Gasteiger partial charge in [-0.1, -0.05) is 0 Å². The third-order valence-corrected chi connectivity index (χ3v) is 3.49. The lowest BCUT2D eigenvalue weighted by Crippen LogP contribution is -2.41. The number of aliphatic carboxylic acids is 1. The van der Waals surface area contributed by atoms with Gasteiger partial charge in [-0.25, -0.2) is 18.6 Å². The number of rotatable bonds is 6. The molecule has 0 aliphatic heterocycles. The van der Waals surface area contributed by atoms with E-state index in [0.717, 1.165) is 11.3 Å². The molecule has 1 atom stereocenters. The van der Waals surface area contributed by atoms with Crippen molar-refractivity contribution in [2.45, 2.75) is 18.9 Å². The lowest BCUT2D eigenvalue weighted by Gasteiger charge is -2.12. The predicted molar refractivity (Wildman–Crippen MR) is 69.3 cm³/mol. The van der Waals surface area contributed by atoms with Gasteiger partial charge in [0, 0.05) is 6.42 Å². The third-order valence-electron chi connectivity index (χ3n) is 2.48. The second kappa shape index (κ2) is 6.44. The molecule has 0 radical (unpaired) electrons. The SMILES string of the molecule is O=C(NC(CC(F)F)C(=O)O)c1cnc(-c2ccco2)s1. The summed E-state index contributed by atoms with van der Waals surface area (Å²) in [6.07, 6.45) is -1.10. The van der Waals surface area contributed by atoms with Crippen LogP contribution in [0.3, 0.4) is 0 Å². The Kier molecular flexibility index (Phi) is 4.63. The molecular weight excluding hydrogens is 306 g/mol. The standard InChI is InChI=1S/C12H10F2N2O4S/c13-9(14)4-6(12(18)19)16-10(17)8-5-15-11(21-8)7-2-1-3-20-7/h1-3,5-6,9H,4H2,(H,16,17)(H,18,19). The first kappa shape index (κ1) is 15.1. The highest BCUT2D eigenvalue weighted by atomic mass is 32.1. The van der Waals surface area contributed by atoms with Gasteiger partial charge in [-0.05, 0) is 12.1 Å². The quantitative estimate of drug-likeness (QED) is 0.852. The average molecular weight is 316 g/mol. The van der Waals surface area contributed by atoms with Crippen molar-refractivity contribution in [1.29, 1.82) is 0 Å². The lowest BCUT2D eigenvalue weighted by atomic mass is 10.2. The van der Waals surface area contributed by atoms with E-state index in [2.05, 4.69) is 4.98 Å². The summed E-state index contributed by atoms with van der Waals surface area (Å²) in [4.78, 5) is 26.7. The summed E-state index contributed by atoms with van der Waals surface area (Å²) in [6, 6.07) is 1.66. The van der Waals surface area contributed by atoms with Crippen LogP contribution < -0.4 is 5.32 Å². The molecule has 21 heavy (non-hydrogen) atoms. The summed E-state index contributed by atoms with van der Waals surface area (Å²) in [5.41, 5.74) is 0. The molecule has 9 heteroatoms. The van der Waals surface area contributed by atoms with Gasteiger partial charge in [-0.2, -0.15) is 0 Å². The Morgan fingerprint density at radius 1 is 1.48 bits per heavy atom. The van der Waals surface area contributed by atoms with Crippen LogP contribution in [0.5, 0.6) is 0 Å². The topological polar surface area (TPSA) is 92.4 Å². The minimum atomic E-state index is -2.83. The Labute approximate surface area is 121 Å². The van der Waals surface area contributed by atoms with E-state index in [1.807, 2.05) is 5.32 Å². The van der Waals surface area contributed by atoms with Crippen molar-refractivity contribution in [3.8, 4) is 10.8 Å². The van der Waals surface area contributed by atoms with Crippen LogP contribution in [0.1, 0.15) is 16.1 Å². The van der Waals surface area contributed by atoms with Crippen LogP contribution >= 0.6 is 11.3 Å². The lowest BCUT2D eigenvalue weighted by molar-refractivity contribution is -0.140. The Balaban J connectivity index is 2.07. The van der Waals surface area contributed by atoms with E-state index in [1.54, 1.807) is 12.1 Å². The number of carboxylic acid groups (broad SMARTS) is 1. The fourth-order valence-electron chi connectivity index (χ4n) is 1.52. The number of furan rings is 1. The summed E-state index contributed by atoms with van der Waals surface area (Å²) in [5, 5.41) is 11.3. The molecule has 1 unspecified atom stereocenters. The van der Waals surface area contributed by atoms with Crippen LogP contribution in [0.2, 0.25) is 0 Å². The number of nitrogens with one attached hydrogen (secondary N) is 1. The number of hydrogen-bond donors (Lipinski definition) is 2. The van der Waals surface area contributed by atoms with Crippen LogP contribution in [0.15, 0.2) is 29.0 Å². The zero-order valence-electron chi connectivity index (χ0n) is 10.5. The Morgan fingerprint density at radius 3 is 2.81 bits per heavy atom. The van der Waals surface area contributed by atoms with E-state index >= 15 is 0 Å². The van der Waals surface area contributed by atoms with E-state index < -0.39 is 30.8 Å². The molecule has 0 saturated heterocycles. The van der Waals surface area contributed by atoms with Gasteiger partial charge >= 0.3 is 5.97 Å². The highest BCUT2D eigenvalue weighted by molar-refractivity contribution is 7.16. The maximum absolute atomic E-state index is 12.3. The number of hydrogen-bond acceptors (Lipinski definition) is 5. The Hall–Kier alpha value is -2.29. The van der Waals surface area contributed by atoms with E-state index in [0.29, 0.717) is 10.8 Å². The van der Waals surface area contributed by atoms with E-state index in [4.69, 9.17) is 9.52 Å². The van der Waals surface area contributed by atoms with E-state index in [9.17, 15) is 18.4 Å². The summed E-state index contributed by atoms with van der Waals surface area (Å²) in [5.74, 6) is -1.82. The zero-order chi connectivity index (χ0) is 15.4. The third kappa shape index (κ3) is 3.85. The molecule has 0 saturated carbocycles. The monoisotopic (exact) mass is 316 g/mol. The number of nitrogens with zero attached hydrogens (tertiary/aromatic N) is 1. The summed E-state index contributed by atoms with van der Waals surface area (Å²) in [6.45, 7) is 0. The number of amides is 1. The molecule has 2 aromatic rings. The van der Waals surface area contributed by atoms with Crippen LogP contribution in [0.25, 0.3) is 10.8 Å². The minimum Gasteiger partial charge on any atom is -0.480 e. The molecule has 0 aliphatic rings. The Morgan fingerprint density at radius 2 is 2.24 bits per heavy atom. The molecule has 2 rings (SSSR count). The van der Waals surface area contributed by atoms with Crippen molar-refractivity contribution >= 4 is 23.2 Å². The highest BCUT2D eigenvalue weighted by Gasteiger charge is 2.25. The molecule has 0 spiro atoms. The molecule has 1 amide bonds. The van der Waals surface area contributed by atoms with Gasteiger partial charge in [0.15, 0.2) is 10.8 Å². The number of carbonyl (C=O) groups excluding carboxylic acids is 1. The predicted octanol–water partition coefficient (Wildman–Crippen LogP) is 2.24. The molecule has 0 aromatic carbocycles. The highest BCUT2D eigenvalue weighted by Crippen LogP contribution is 2.25. The number of halogens is 2. The number of aromatic nitrogens is 1. The van der Waals surface area contributed by atoms with Crippen LogP contribution in [-0.4, -0.2) is 34.4 Å². The van der Waals surface area contributed by atoms with Crippen LogP contribution in [-0.2, 0) is 4.79 Å². The van der Waals surface area contributed by atoms with Gasteiger partial charge in [0.25, 0.3) is 5.91 Å². The molecule has 112 valence electrons. The number of thiazole rings is 1. The van der Waals surface area contributed by atoms with Crippen LogP contribution in [0, 0.1) is 0 Å². The average Bonchev–Trinajstić information content (AvgIpc) is 3.08. The van der Waals surface area contributed by atoms with Crippen LogP contribution in [0.4, 0.5) is 8.78 Å². The fourth-order valence-corrected chi connectivity index (χ4v) is 2.31. The first-order chi connectivity index (χ1) is 9.97. The largest absolute Gasteiger partial charge is 0.480 e. The molecule has 6 nitrogen and oxygen atoms in total. The molecule has 0 bridgehead atoms. The van der Waals surface area contributed by atoms with Gasteiger partial charge in [0.1, 0.15) is 10.9 Å². The molecule has 0 aliphatic carbocycles. The molecular formula is C12H10F2N2O4S. The molecule has 2 N–H and O–H groups in total. The second-order valence-corrected chi connectivity index (χ2v) is 5.03. The maximum atomic E-state index is 12.3. The van der Waals surface area contributed by atoms with E-state index in [-0.39, 0.29) is 4.88 Å². The van der Waals surface area contributed by atoms with Gasteiger partial charge in [0.2, 0.25) is 6.43 Å². The van der Waals surface area contributed by atoms with Crippen molar-refractivity contribution in [2.24, 2.45) is 0 Å². The smallest absolute Gasteiger partial charge is 0.326 e. The summed E-state index contributed by atoms with van der Waals surface area (Å²) in [7, 11) is 0. The minimum absolute atomic E-state index is 0.113. The number of carboxylic acids is 1. The number of carbonyl (C=O) groups is 2. The Bertz CT molecular complexity index is 627. The van der Waals surface area contributed by atoms with Gasteiger partial charge in [-0.15, -0.1) is 11.3 Å². The maximum Gasteiger partial charge on any atom is 0.326 e. The molecule has 0 fully saturated rings. The molecule has 2 aromatic heterocycles. The van der Waals surface area contributed by atoms with Crippen molar-refractivity contribution in [2.75, 3.05) is 0 Å². The summed E-state index contributed by atoms with van der Waals surface area (Å²) < 4.78 is 29.6. The fraction of sp³-hybridized carbons (Fsp3) is 0.250. The molecule has 2 heterocycles.